The number of carboxylic acid groups (broad SMARTS) is 1. The first-order chi connectivity index (χ1) is 11.0. The summed E-state index contributed by atoms with van der Waals surface area (Å²) in [5.74, 6) is -0.0860. The highest BCUT2D eigenvalue weighted by Crippen LogP contribution is 2.28. The first-order valence-electron chi connectivity index (χ1n) is 7.84. The molecule has 0 saturated heterocycles. The minimum absolute atomic E-state index is 0.106. The zero-order chi connectivity index (χ0) is 16.8. The Bertz CT molecular complexity index is 572. The maximum atomic E-state index is 12.0. The van der Waals surface area contributed by atoms with Crippen LogP contribution in [0.3, 0.4) is 0 Å². The van der Waals surface area contributed by atoms with E-state index in [1.807, 2.05) is 0 Å². The summed E-state index contributed by atoms with van der Waals surface area (Å²) in [6, 6.07) is 4.50. The lowest BCUT2D eigenvalue weighted by atomic mass is 9.86. The Hall–Kier alpha value is -2.24. The van der Waals surface area contributed by atoms with Crippen LogP contribution in [0.5, 0.6) is 11.5 Å². The molecule has 1 fully saturated rings. The largest absolute Gasteiger partial charge is 0.493 e. The van der Waals surface area contributed by atoms with Crippen LogP contribution in [-0.2, 0) is 4.79 Å². The number of carboxylic acids is 1. The van der Waals surface area contributed by atoms with Crippen molar-refractivity contribution in [2.24, 2.45) is 5.92 Å². The second kappa shape index (κ2) is 7.85. The van der Waals surface area contributed by atoms with E-state index in [2.05, 4.69) is 12.2 Å². The summed E-state index contributed by atoms with van der Waals surface area (Å²) in [4.78, 5) is 23.0. The van der Waals surface area contributed by atoms with Crippen LogP contribution in [0.25, 0.3) is 0 Å². The average molecular weight is 321 g/mol. The quantitative estimate of drug-likeness (QED) is 0.841. The molecular weight excluding hydrogens is 298 g/mol. The van der Waals surface area contributed by atoms with Crippen molar-refractivity contribution in [1.29, 1.82) is 0 Å². The monoisotopic (exact) mass is 321 g/mol. The van der Waals surface area contributed by atoms with E-state index in [-0.39, 0.29) is 24.1 Å². The molecule has 1 saturated carbocycles. The molecule has 0 spiro atoms. The Kier molecular flexibility index (Phi) is 5.84. The van der Waals surface area contributed by atoms with Gasteiger partial charge in [-0.3, -0.25) is 4.79 Å². The van der Waals surface area contributed by atoms with Gasteiger partial charge in [-0.25, -0.2) is 4.79 Å². The van der Waals surface area contributed by atoms with Gasteiger partial charge in [-0.1, -0.05) is 19.8 Å². The van der Waals surface area contributed by atoms with Crippen molar-refractivity contribution in [3.8, 4) is 11.5 Å². The first-order valence-corrected chi connectivity index (χ1v) is 7.84. The van der Waals surface area contributed by atoms with Crippen LogP contribution in [-0.4, -0.2) is 36.7 Å². The molecule has 0 unspecified atom stereocenters. The smallest absolute Gasteiger partial charge is 0.335 e. The number of ether oxygens (including phenoxy) is 2. The molecule has 6 heteroatoms. The van der Waals surface area contributed by atoms with Gasteiger partial charge in [0.15, 0.2) is 18.1 Å². The number of carbonyl (C=O) groups is 2. The second-order valence-corrected chi connectivity index (χ2v) is 5.90. The molecule has 0 radical (unpaired) electrons. The van der Waals surface area contributed by atoms with Gasteiger partial charge in [-0.15, -0.1) is 0 Å². The number of amides is 1. The molecule has 2 rings (SSSR count). The van der Waals surface area contributed by atoms with Gasteiger partial charge >= 0.3 is 5.97 Å². The number of aromatic carboxylic acids is 1. The number of hydrogen-bond acceptors (Lipinski definition) is 4. The number of rotatable bonds is 6. The summed E-state index contributed by atoms with van der Waals surface area (Å²) in [7, 11) is 1.43. The SMILES string of the molecule is COc1cc(C(=O)O)ccc1OCC(=O)N[C@@H]1CCCC[C@@H]1C. The van der Waals surface area contributed by atoms with Gasteiger partial charge < -0.3 is 19.9 Å². The van der Waals surface area contributed by atoms with E-state index in [9.17, 15) is 9.59 Å². The molecule has 1 aliphatic rings. The van der Waals surface area contributed by atoms with Crippen LogP contribution >= 0.6 is 0 Å². The maximum absolute atomic E-state index is 12.0. The average Bonchev–Trinajstić information content (AvgIpc) is 2.54. The van der Waals surface area contributed by atoms with Crippen molar-refractivity contribution in [3.05, 3.63) is 23.8 Å². The molecule has 1 aliphatic carbocycles. The summed E-state index contributed by atoms with van der Waals surface area (Å²) in [5, 5.41) is 12.0. The van der Waals surface area contributed by atoms with Crippen molar-refractivity contribution in [2.75, 3.05) is 13.7 Å². The maximum Gasteiger partial charge on any atom is 0.335 e. The molecule has 0 aromatic heterocycles. The third-order valence-corrected chi connectivity index (χ3v) is 4.23. The Morgan fingerprint density at radius 3 is 2.65 bits per heavy atom. The molecule has 2 N–H and O–H groups in total. The highest BCUT2D eigenvalue weighted by atomic mass is 16.5. The summed E-state index contributed by atoms with van der Waals surface area (Å²) in [5.41, 5.74) is 0.106. The highest BCUT2D eigenvalue weighted by Gasteiger charge is 2.23. The minimum Gasteiger partial charge on any atom is -0.493 e. The van der Waals surface area contributed by atoms with Gasteiger partial charge in [0, 0.05) is 6.04 Å². The molecule has 126 valence electrons. The Balaban J connectivity index is 1.92. The van der Waals surface area contributed by atoms with Crippen LogP contribution in [0, 0.1) is 5.92 Å². The van der Waals surface area contributed by atoms with Gasteiger partial charge in [-0.05, 0) is 37.0 Å². The van der Waals surface area contributed by atoms with Crippen molar-refractivity contribution >= 4 is 11.9 Å². The van der Waals surface area contributed by atoms with Gasteiger partial charge in [0.05, 0.1) is 12.7 Å². The molecule has 1 aromatic rings. The third kappa shape index (κ3) is 4.61. The molecule has 0 bridgehead atoms. The fourth-order valence-electron chi connectivity index (χ4n) is 2.84. The van der Waals surface area contributed by atoms with Crippen LogP contribution in [0.15, 0.2) is 18.2 Å². The summed E-state index contributed by atoms with van der Waals surface area (Å²) >= 11 is 0. The van der Waals surface area contributed by atoms with Crippen LogP contribution < -0.4 is 14.8 Å². The topological polar surface area (TPSA) is 84.9 Å². The molecule has 6 nitrogen and oxygen atoms in total. The fourth-order valence-corrected chi connectivity index (χ4v) is 2.84. The predicted molar refractivity (Wildman–Crippen MR) is 85.0 cm³/mol. The zero-order valence-electron chi connectivity index (χ0n) is 13.5. The number of hydrogen-bond donors (Lipinski definition) is 2. The summed E-state index contributed by atoms with van der Waals surface area (Å²) < 4.78 is 10.6. The molecule has 0 aliphatic heterocycles. The van der Waals surface area contributed by atoms with E-state index >= 15 is 0 Å². The lowest BCUT2D eigenvalue weighted by molar-refractivity contribution is -0.124. The lowest BCUT2D eigenvalue weighted by Gasteiger charge is -2.29. The van der Waals surface area contributed by atoms with E-state index in [0.29, 0.717) is 17.4 Å². The summed E-state index contributed by atoms with van der Waals surface area (Å²) in [6.07, 6.45) is 4.50. The minimum atomic E-state index is -1.04. The van der Waals surface area contributed by atoms with Crippen molar-refractivity contribution in [3.63, 3.8) is 0 Å². The zero-order valence-corrected chi connectivity index (χ0v) is 13.5. The van der Waals surface area contributed by atoms with Gasteiger partial charge in [0.1, 0.15) is 0 Å². The molecule has 1 amide bonds. The summed E-state index contributed by atoms with van der Waals surface area (Å²) in [6.45, 7) is 2.03. The van der Waals surface area contributed by atoms with Crippen LogP contribution in [0.4, 0.5) is 0 Å². The predicted octanol–water partition coefficient (Wildman–Crippen LogP) is 2.47. The number of methoxy groups -OCH3 is 1. The van der Waals surface area contributed by atoms with Gasteiger partial charge in [-0.2, -0.15) is 0 Å². The normalized spacial score (nSPS) is 20.6. The fraction of sp³-hybridized carbons (Fsp3) is 0.529. The second-order valence-electron chi connectivity index (χ2n) is 5.90. The van der Waals surface area contributed by atoms with Crippen molar-refractivity contribution in [1.82, 2.24) is 5.32 Å². The standard InChI is InChI=1S/C17H23NO5/c1-11-5-3-4-6-13(11)18-16(19)10-23-14-8-7-12(17(20)21)9-15(14)22-2/h7-9,11,13H,3-6,10H2,1-2H3,(H,18,19)(H,20,21)/t11-,13+/m0/s1. The van der Waals surface area contributed by atoms with Crippen LogP contribution in [0.2, 0.25) is 0 Å². The van der Waals surface area contributed by atoms with Crippen molar-refractivity contribution < 1.29 is 24.2 Å². The Labute approximate surface area is 135 Å². The Morgan fingerprint density at radius 2 is 2.00 bits per heavy atom. The first kappa shape index (κ1) is 17.1. The van der Waals surface area contributed by atoms with E-state index in [4.69, 9.17) is 14.6 Å². The molecule has 23 heavy (non-hydrogen) atoms. The molecule has 2 atom stereocenters. The third-order valence-electron chi connectivity index (χ3n) is 4.23. The lowest BCUT2D eigenvalue weighted by Crippen LogP contribution is -2.43. The highest BCUT2D eigenvalue weighted by molar-refractivity contribution is 5.88. The van der Waals surface area contributed by atoms with E-state index < -0.39 is 5.97 Å². The molecule has 1 aromatic carbocycles. The Morgan fingerprint density at radius 1 is 1.26 bits per heavy atom. The van der Waals surface area contributed by atoms with Crippen molar-refractivity contribution in [2.45, 2.75) is 38.6 Å². The number of nitrogens with one attached hydrogen (secondary N) is 1. The number of carbonyl (C=O) groups excluding carboxylic acids is 1. The van der Waals surface area contributed by atoms with E-state index in [0.717, 1.165) is 19.3 Å². The van der Waals surface area contributed by atoms with Gasteiger partial charge in [0.25, 0.3) is 5.91 Å². The molecule has 0 heterocycles. The van der Waals surface area contributed by atoms with E-state index in [1.54, 1.807) is 0 Å². The van der Waals surface area contributed by atoms with E-state index in [1.165, 1.54) is 31.7 Å². The number of benzene rings is 1. The van der Waals surface area contributed by atoms with Gasteiger partial charge in [0.2, 0.25) is 0 Å². The molecular formula is C17H23NO5. The van der Waals surface area contributed by atoms with Crippen LogP contribution in [0.1, 0.15) is 43.0 Å².